The first-order chi connectivity index (χ1) is 17.7. The molecule has 0 aliphatic heterocycles. The quantitative estimate of drug-likeness (QED) is 0.317. The van der Waals surface area contributed by atoms with E-state index in [1.807, 2.05) is 14.0 Å². The van der Waals surface area contributed by atoms with Gasteiger partial charge in [0.15, 0.2) is 22.8 Å². The summed E-state index contributed by atoms with van der Waals surface area (Å²) in [5, 5.41) is 5.94. The van der Waals surface area contributed by atoms with Gasteiger partial charge in [-0.05, 0) is 55.0 Å². The minimum Gasteiger partial charge on any atom is -0.338 e. The maximum atomic E-state index is 13.1. The second-order valence-corrected chi connectivity index (χ2v) is 8.35. The zero-order valence-electron chi connectivity index (χ0n) is 19.7. The van der Waals surface area contributed by atoms with Crippen molar-refractivity contribution in [2.45, 2.75) is 13.1 Å². The molecule has 2 N–H and O–H groups in total. The second-order valence-electron chi connectivity index (χ2n) is 8.35. The third-order valence-electron chi connectivity index (χ3n) is 5.70. The lowest BCUT2D eigenvalue weighted by molar-refractivity contribution is -0.137. The first kappa shape index (κ1) is 23.9. The van der Waals surface area contributed by atoms with E-state index in [0.29, 0.717) is 34.2 Å². The van der Waals surface area contributed by atoms with Gasteiger partial charge in [-0.1, -0.05) is 12.1 Å². The number of halogens is 3. The van der Waals surface area contributed by atoms with Gasteiger partial charge in [0.05, 0.1) is 11.9 Å². The third kappa shape index (κ3) is 4.96. The van der Waals surface area contributed by atoms with Crippen molar-refractivity contribution in [3.8, 4) is 11.4 Å². The van der Waals surface area contributed by atoms with Gasteiger partial charge in [0, 0.05) is 41.9 Å². The first-order valence-electron chi connectivity index (χ1n) is 11.1. The predicted octanol–water partition coefficient (Wildman–Crippen LogP) is 5.75. The standard InChI is InChI=1S/C26H20F3N7O/c1-15-6-7-19(32-25(37)17-4-3-5-18(12-17)26(27,28)29)13-20(15)33-23-21-24(36(2)14-31-21)35-22(34-23)16-8-10-30-11-9-16/h3-14H,1-2H3,(H,32,37)(H,33,34,35). The Hall–Kier alpha value is -4.80. The number of amides is 1. The Balaban J connectivity index is 1.46. The van der Waals surface area contributed by atoms with Crippen molar-refractivity contribution in [2.75, 3.05) is 10.6 Å². The summed E-state index contributed by atoms with van der Waals surface area (Å²) in [4.78, 5) is 30.4. The van der Waals surface area contributed by atoms with Crippen LogP contribution in [0.5, 0.6) is 0 Å². The molecule has 0 aliphatic rings. The molecule has 0 saturated carbocycles. The molecular weight excluding hydrogens is 483 g/mol. The van der Waals surface area contributed by atoms with Crippen molar-refractivity contribution < 1.29 is 18.0 Å². The lowest BCUT2D eigenvalue weighted by Gasteiger charge is -2.14. The number of nitrogens with zero attached hydrogens (tertiary/aromatic N) is 5. The lowest BCUT2D eigenvalue weighted by atomic mass is 10.1. The fourth-order valence-electron chi connectivity index (χ4n) is 3.73. The smallest absolute Gasteiger partial charge is 0.338 e. The number of anilines is 3. The number of nitrogens with one attached hydrogen (secondary N) is 2. The van der Waals surface area contributed by atoms with Crippen LogP contribution >= 0.6 is 0 Å². The van der Waals surface area contributed by atoms with Crippen LogP contribution < -0.4 is 10.6 Å². The summed E-state index contributed by atoms with van der Waals surface area (Å²) >= 11 is 0. The van der Waals surface area contributed by atoms with Crippen molar-refractivity contribution in [3.05, 3.63) is 90.0 Å². The number of rotatable bonds is 5. The molecular formula is C26H20F3N7O. The molecule has 2 aromatic carbocycles. The molecule has 5 aromatic rings. The fraction of sp³-hybridized carbons (Fsp3) is 0.115. The average molecular weight is 503 g/mol. The number of imidazole rings is 1. The highest BCUT2D eigenvalue weighted by Crippen LogP contribution is 2.31. The molecule has 0 radical (unpaired) electrons. The third-order valence-corrected chi connectivity index (χ3v) is 5.70. The van der Waals surface area contributed by atoms with Crippen LogP contribution in [0.2, 0.25) is 0 Å². The molecule has 0 fully saturated rings. The highest BCUT2D eigenvalue weighted by molar-refractivity contribution is 6.04. The average Bonchev–Trinajstić information content (AvgIpc) is 3.27. The van der Waals surface area contributed by atoms with E-state index in [1.165, 1.54) is 12.1 Å². The van der Waals surface area contributed by atoms with Crippen molar-refractivity contribution in [2.24, 2.45) is 7.05 Å². The highest BCUT2D eigenvalue weighted by Gasteiger charge is 2.31. The van der Waals surface area contributed by atoms with Crippen LogP contribution in [0.25, 0.3) is 22.6 Å². The summed E-state index contributed by atoms with van der Waals surface area (Å²) in [5.41, 5.74) is 2.85. The first-order valence-corrected chi connectivity index (χ1v) is 11.1. The maximum Gasteiger partial charge on any atom is 0.416 e. The summed E-state index contributed by atoms with van der Waals surface area (Å²) < 4.78 is 40.9. The van der Waals surface area contributed by atoms with Crippen molar-refractivity contribution in [1.29, 1.82) is 0 Å². The molecule has 5 rings (SSSR count). The van der Waals surface area contributed by atoms with E-state index in [9.17, 15) is 18.0 Å². The Morgan fingerprint density at radius 1 is 1.00 bits per heavy atom. The number of alkyl halides is 3. The van der Waals surface area contributed by atoms with Gasteiger partial charge < -0.3 is 15.2 Å². The molecule has 3 heterocycles. The van der Waals surface area contributed by atoms with E-state index in [2.05, 4.69) is 30.6 Å². The summed E-state index contributed by atoms with van der Waals surface area (Å²) in [6.07, 6.45) is 0.403. The van der Waals surface area contributed by atoms with Gasteiger partial charge in [0.1, 0.15) is 0 Å². The molecule has 11 heteroatoms. The van der Waals surface area contributed by atoms with Gasteiger partial charge in [-0.2, -0.15) is 13.2 Å². The van der Waals surface area contributed by atoms with E-state index in [0.717, 1.165) is 23.3 Å². The van der Waals surface area contributed by atoms with Crippen LogP contribution in [0.1, 0.15) is 21.5 Å². The van der Waals surface area contributed by atoms with Crippen molar-refractivity contribution in [1.82, 2.24) is 24.5 Å². The summed E-state index contributed by atoms with van der Waals surface area (Å²) in [6.45, 7) is 1.88. The van der Waals surface area contributed by atoms with E-state index in [1.54, 1.807) is 53.6 Å². The van der Waals surface area contributed by atoms with Crippen molar-refractivity contribution >= 4 is 34.3 Å². The molecule has 8 nitrogen and oxygen atoms in total. The number of fused-ring (bicyclic) bond motifs is 1. The Morgan fingerprint density at radius 2 is 1.78 bits per heavy atom. The summed E-state index contributed by atoms with van der Waals surface area (Å²) in [7, 11) is 1.83. The Bertz CT molecular complexity index is 1610. The van der Waals surface area contributed by atoms with E-state index < -0.39 is 17.6 Å². The van der Waals surface area contributed by atoms with Gasteiger partial charge in [0.25, 0.3) is 5.91 Å². The molecule has 1 amide bonds. The lowest BCUT2D eigenvalue weighted by Crippen LogP contribution is -2.14. The van der Waals surface area contributed by atoms with Crippen LogP contribution in [0.15, 0.2) is 73.3 Å². The number of pyridine rings is 1. The van der Waals surface area contributed by atoms with Gasteiger partial charge in [-0.25, -0.2) is 15.0 Å². The topological polar surface area (TPSA) is 97.6 Å². The Morgan fingerprint density at radius 3 is 2.54 bits per heavy atom. The minimum atomic E-state index is -4.54. The van der Waals surface area contributed by atoms with Gasteiger partial charge in [-0.3, -0.25) is 9.78 Å². The second kappa shape index (κ2) is 9.34. The zero-order valence-corrected chi connectivity index (χ0v) is 19.7. The van der Waals surface area contributed by atoms with E-state index in [-0.39, 0.29) is 5.56 Å². The predicted molar refractivity (Wildman–Crippen MR) is 133 cm³/mol. The number of carbonyl (C=O) groups excluding carboxylic acids is 1. The largest absolute Gasteiger partial charge is 0.416 e. The Kier molecular flexibility index (Phi) is 6.04. The highest BCUT2D eigenvalue weighted by atomic mass is 19.4. The molecule has 186 valence electrons. The molecule has 0 atom stereocenters. The van der Waals surface area contributed by atoms with E-state index in [4.69, 9.17) is 0 Å². The number of hydrogen-bond acceptors (Lipinski definition) is 6. The molecule has 0 aliphatic carbocycles. The van der Waals surface area contributed by atoms with Crippen LogP contribution in [-0.2, 0) is 13.2 Å². The SMILES string of the molecule is Cc1ccc(NC(=O)c2cccc(C(F)(F)F)c2)cc1Nc1nc(-c2ccncc2)nc2c1ncn2C. The maximum absolute atomic E-state index is 13.1. The number of aryl methyl sites for hydroxylation is 2. The van der Waals surface area contributed by atoms with Crippen molar-refractivity contribution in [3.63, 3.8) is 0 Å². The molecule has 37 heavy (non-hydrogen) atoms. The van der Waals surface area contributed by atoms with E-state index >= 15 is 0 Å². The monoisotopic (exact) mass is 503 g/mol. The number of aromatic nitrogens is 5. The van der Waals surface area contributed by atoms with Crippen LogP contribution in [-0.4, -0.2) is 30.4 Å². The van der Waals surface area contributed by atoms with Gasteiger partial charge in [-0.15, -0.1) is 0 Å². The molecule has 0 bridgehead atoms. The van der Waals surface area contributed by atoms with Gasteiger partial charge in [0.2, 0.25) is 0 Å². The normalized spacial score (nSPS) is 11.5. The molecule has 3 aromatic heterocycles. The summed E-state index contributed by atoms with van der Waals surface area (Å²) in [6, 6.07) is 13.0. The Labute approximate surface area is 209 Å². The molecule has 0 unspecified atom stereocenters. The zero-order chi connectivity index (χ0) is 26.2. The number of carbonyl (C=O) groups is 1. The summed E-state index contributed by atoms with van der Waals surface area (Å²) in [5.74, 6) is 0.282. The van der Waals surface area contributed by atoms with Crippen LogP contribution in [0, 0.1) is 6.92 Å². The fourth-order valence-corrected chi connectivity index (χ4v) is 3.73. The number of hydrogen-bond donors (Lipinski definition) is 2. The van der Waals surface area contributed by atoms with Crippen LogP contribution in [0.4, 0.5) is 30.4 Å². The molecule has 0 spiro atoms. The van der Waals surface area contributed by atoms with Gasteiger partial charge >= 0.3 is 6.18 Å². The number of benzene rings is 2. The molecule has 0 saturated heterocycles. The minimum absolute atomic E-state index is 0.0992. The van der Waals surface area contributed by atoms with Crippen LogP contribution in [0.3, 0.4) is 0 Å².